The van der Waals surface area contributed by atoms with Crippen LogP contribution in [-0.4, -0.2) is 62.2 Å². The SMILES string of the molecule is CC(C)(C)OC(=O)N(CC(=O)O)c1cccc(CN(Cc2ccc(-c3ccccc3)nn2)S(=O)(=O)c2cccnc2)n1. The summed E-state index contributed by atoms with van der Waals surface area (Å²) in [5, 5.41) is 17.9. The highest BCUT2D eigenvalue weighted by Crippen LogP contribution is 2.23. The van der Waals surface area contributed by atoms with Gasteiger partial charge in [-0.3, -0.25) is 14.7 Å². The van der Waals surface area contributed by atoms with E-state index in [4.69, 9.17) is 4.74 Å². The van der Waals surface area contributed by atoms with Crippen LogP contribution in [-0.2, 0) is 32.6 Å². The van der Waals surface area contributed by atoms with Gasteiger partial charge in [0, 0.05) is 18.0 Å². The summed E-state index contributed by atoms with van der Waals surface area (Å²) in [5.41, 5.74) is 1.27. The van der Waals surface area contributed by atoms with Gasteiger partial charge in [-0.1, -0.05) is 36.4 Å². The number of benzene rings is 1. The van der Waals surface area contributed by atoms with Crippen LogP contribution in [0.25, 0.3) is 11.3 Å². The number of anilines is 1. The monoisotopic (exact) mass is 590 g/mol. The Hall–Kier alpha value is -4.75. The predicted octanol–water partition coefficient (Wildman–Crippen LogP) is 4.15. The molecule has 4 rings (SSSR count). The van der Waals surface area contributed by atoms with Crippen LogP contribution in [0.4, 0.5) is 10.6 Å². The molecule has 1 amide bonds. The van der Waals surface area contributed by atoms with Gasteiger partial charge in [0.2, 0.25) is 10.0 Å². The summed E-state index contributed by atoms with van der Waals surface area (Å²) in [7, 11) is -4.09. The van der Waals surface area contributed by atoms with Crippen LogP contribution in [0.1, 0.15) is 32.2 Å². The smallest absolute Gasteiger partial charge is 0.416 e. The first kappa shape index (κ1) is 30.2. The molecule has 1 aromatic carbocycles. The largest absolute Gasteiger partial charge is 0.480 e. The van der Waals surface area contributed by atoms with Gasteiger partial charge in [-0.05, 0) is 57.2 Å². The van der Waals surface area contributed by atoms with Gasteiger partial charge < -0.3 is 9.84 Å². The first-order valence-corrected chi connectivity index (χ1v) is 14.3. The summed E-state index contributed by atoms with van der Waals surface area (Å²) in [6.07, 6.45) is 1.81. The van der Waals surface area contributed by atoms with Crippen molar-refractivity contribution in [3.63, 3.8) is 0 Å². The Morgan fingerprint density at radius 3 is 2.24 bits per heavy atom. The second-order valence-electron chi connectivity index (χ2n) is 10.2. The number of ether oxygens (including phenoxy) is 1. The summed E-state index contributed by atoms with van der Waals surface area (Å²) in [4.78, 5) is 33.6. The third-order valence-corrected chi connectivity index (χ3v) is 7.49. The summed E-state index contributed by atoms with van der Waals surface area (Å²) in [6, 6.07) is 20.4. The minimum Gasteiger partial charge on any atom is -0.480 e. The van der Waals surface area contributed by atoms with Crippen molar-refractivity contribution in [1.29, 1.82) is 0 Å². The van der Waals surface area contributed by atoms with Crippen molar-refractivity contribution in [3.05, 3.63) is 96.6 Å². The number of carboxylic acid groups (broad SMARTS) is 1. The van der Waals surface area contributed by atoms with Gasteiger partial charge in [-0.15, -0.1) is 0 Å². The van der Waals surface area contributed by atoms with Gasteiger partial charge in [0.25, 0.3) is 0 Å². The van der Waals surface area contributed by atoms with E-state index in [9.17, 15) is 23.1 Å². The Kier molecular flexibility index (Phi) is 9.23. The molecule has 0 unspecified atom stereocenters. The van der Waals surface area contributed by atoms with Crippen LogP contribution < -0.4 is 4.90 Å². The number of aromatic nitrogens is 4. The second kappa shape index (κ2) is 12.8. The molecule has 0 bridgehead atoms. The number of nitrogens with zero attached hydrogens (tertiary/aromatic N) is 6. The lowest BCUT2D eigenvalue weighted by Gasteiger charge is -2.26. The Morgan fingerprint density at radius 1 is 0.881 bits per heavy atom. The fraction of sp³-hybridized carbons (Fsp3) is 0.241. The van der Waals surface area contributed by atoms with Crippen molar-refractivity contribution in [3.8, 4) is 11.3 Å². The molecular formula is C29H30N6O6S. The van der Waals surface area contributed by atoms with Crippen molar-refractivity contribution >= 4 is 27.9 Å². The molecule has 0 saturated heterocycles. The van der Waals surface area contributed by atoms with Gasteiger partial charge >= 0.3 is 12.1 Å². The van der Waals surface area contributed by atoms with E-state index in [1.807, 2.05) is 30.3 Å². The second-order valence-corrected chi connectivity index (χ2v) is 12.1. The molecule has 0 aliphatic rings. The Balaban J connectivity index is 1.66. The maximum atomic E-state index is 13.7. The number of aliphatic carboxylic acids is 1. The molecular weight excluding hydrogens is 560 g/mol. The van der Waals surface area contributed by atoms with Crippen LogP contribution in [0.15, 0.2) is 90.1 Å². The molecule has 218 valence electrons. The number of amides is 1. The number of carbonyl (C=O) groups excluding carboxylic acids is 1. The van der Waals surface area contributed by atoms with Crippen molar-refractivity contribution < 1.29 is 27.9 Å². The molecule has 3 heterocycles. The molecule has 3 aromatic heterocycles. The van der Waals surface area contributed by atoms with Crippen LogP contribution in [0.2, 0.25) is 0 Å². The zero-order valence-corrected chi connectivity index (χ0v) is 24.1. The van der Waals surface area contributed by atoms with E-state index in [-0.39, 0.29) is 29.5 Å². The molecule has 12 nitrogen and oxygen atoms in total. The van der Waals surface area contributed by atoms with Crippen LogP contribution in [0.5, 0.6) is 0 Å². The lowest BCUT2D eigenvalue weighted by atomic mass is 10.1. The Morgan fingerprint density at radius 2 is 1.62 bits per heavy atom. The topological polar surface area (TPSA) is 156 Å². The molecule has 13 heteroatoms. The lowest BCUT2D eigenvalue weighted by molar-refractivity contribution is -0.135. The highest BCUT2D eigenvalue weighted by Gasteiger charge is 2.29. The fourth-order valence-electron chi connectivity index (χ4n) is 3.84. The van der Waals surface area contributed by atoms with E-state index in [2.05, 4.69) is 20.2 Å². The molecule has 0 fully saturated rings. The average molecular weight is 591 g/mol. The number of hydrogen-bond donors (Lipinski definition) is 1. The molecule has 0 aliphatic heterocycles. The maximum absolute atomic E-state index is 13.7. The van der Waals surface area contributed by atoms with E-state index < -0.39 is 34.2 Å². The van der Waals surface area contributed by atoms with Crippen molar-refractivity contribution in [2.24, 2.45) is 0 Å². The predicted molar refractivity (Wildman–Crippen MR) is 154 cm³/mol. The van der Waals surface area contributed by atoms with Crippen molar-refractivity contribution in [2.45, 2.75) is 44.4 Å². The third-order valence-electron chi connectivity index (χ3n) is 5.71. The van der Waals surface area contributed by atoms with Crippen LogP contribution in [0, 0.1) is 0 Å². The van der Waals surface area contributed by atoms with Crippen molar-refractivity contribution in [1.82, 2.24) is 24.5 Å². The number of hydrogen-bond acceptors (Lipinski definition) is 9. The lowest BCUT2D eigenvalue weighted by Crippen LogP contribution is -2.40. The molecule has 0 atom stereocenters. The van der Waals surface area contributed by atoms with Gasteiger partial charge in [0.05, 0.1) is 30.2 Å². The molecule has 42 heavy (non-hydrogen) atoms. The average Bonchev–Trinajstić information content (AvgIpc) is 2.96. The van der Waals surface area contributed by atoms with Crippen LogP contribution >= 0.6 is 0 Å². The minimum absolute atomic E-state index is 0.00474. The maximum Gasteiger partial charge on any atom is 0.416 e. The molecule has 0 spiro atoms. The van der Waals surface area contributed by atoms with E-state index in [0.717, 1.165) is 14.8 Å². The molecule has 1 N–H and O–H groups in total. The first-order valence-electron chi connectivity index (χ1n) is 12.9. The van der Waals surface area contributed by atoms with Gasteiger partial charge in [0.15, 0.2) is 0 Å². The van der Waals surface area contributed by atoms with E-state index in [1.54, 1.807) is 45.0 Å². The highest BCUT2D eigenvalue weighted by molar-refractivity contribution is 7.89. The summed E-state index contributed by atoms with van der Waals surface area (Å²) in [5.74, 6) is -1.28. The van der Waals surface area contributed by atoms with E-state index in [0.29, 0.717) is 11.4 Å². The fourth-order valence-corrected chi connectivity index (χ4v) is 5.19. The quantitative estimate of drug-likeness (QED) is 0.285. The Bertz CT molecular complexity index is 1630. The van der Waals surface area contributed by atoms with E-state index >= 15 is 0 Å². The van der Waals surface area contributed by atoms with Gasteiger partial charge in [-0.2, -0.15) is 14.5 Å². The number of carboxylic acids is 1. The zero-order chi connectivity index (χ0) is 30.3. The third kappa shape index (κ3) is 7.92. The number of carbonyl (C=O) groups is 2. The Labute approximate surface area is 243 Å². The summed E-state index contributed by atoms with van der Waals surface area (Å²) >= 11 is 0. The molecule has 4 aromatic rings. The standard InChI is InChI=1S/C29H30N6O6S/c1-29(2,3)41-28(38)35(20-27(36)37)26-13-7-11-22(31-26)18-34(42(39,40)24-12-8-16-30-17-24)19-23-14-15-25(33-32-23)21-9-5-4-6-10-21/h4-17H,18-20H2,1-3H3,(H,36,37). The van der Waals surface area contributed by atoms with Gasteiger partial charge in [-0.25, -0.2) is 18.2 Å². The zero-order valence-electron chi connectivity index (χ0n) is 23.3. The minimum atomic E-state index is -4.09. The molecule has 0 aliphatic carbocycles. The highest BCUT2D eigenvalue weighted by atomic mass is 32.2. The number of sulfonamides is 1. The summed E-state index contributed by atoms with van der Waals surface area (Å²) in [6.45, 7) is 3.91. The number of pyridine rings is 2. The number of rotatable bonds is 10. The van der Waals surface area contributed by atoms with Gasteiger partial charge in [0.1, 0.15) is 22.9 Å². The molecule has 0 radical (unpaired) electrons. The summed E-state index contributed by atoms with van der Waals surface area (Å²) < 4.78 is 33.9. The van der Waals surface area contributed by atoms with Crippen LogP contribution in [0.3, 0.4) is 0 Å². The normalized spacial score (nSPS) is 11.7. The van der Waals surface area contributed by atoms with E-state index in [1.165, 1.54) is 30.6 Å². The first-order chi connectivity index (χ1) is 19.9. The molecule has 0 saturated carbocycles. The van der Waals surface area contributed by atoms with Crippen molar-refractivity contribution in [2.75, 3.05) is 11.4 Å².